The van der Waals surface area contributed by atoms with Gasteiger partial charge in [0.25, 0.3) is 0 Å². The number of terminal acetylenes is 1. The molecule has 0 amide bonds. The highest BCUT2D eigenvalue weighted by Crippen LogP contribution is 2.14. The van der Waals surface area contributed by atoms with Crippen LogP contribution in [-0.2, 0) is 4.74 Å². The fourth-order valence-electron chi connectivity index (χ4n) is 1.91. The lowest BCUT2D eigenvalue weighted by Crippen LogP contribution is -2.48. The Kier molecular flexibility index (Phi) is 6.10. The molecular formula is C14H26N2O2. The van der Waals surface area contributed by atoms with Crippen molar-refractivity contribution in [3.05, 3.63) is 0 Å². The molecule has 0 radical (unpaired) electrons. The summed E-state index contributed by atoms with van der Waals surface area (Å²) in [6.45, 7) is 8.98. The van der Waals surface area contributed by atoms with Gasteiger partial charge in [0.2, 0.25) is 0 Å². The maximum atomic E-state index is 9.97. The van der Waals surface area contributed by atoms with Crippen LogP contribution in [0.4, 0.5) is 0 Å². The van der Waals surface area contributed by atoms with Crippen molar-refractivity contribution in [2.75, 3.05) is 46.4 Å². The Balaban J connectivity index is 2.25. The number of piperazine rings is 1. The normalized spacial score (nSPS) is 23.3. The summed E-state index contributed by atoms with van der Waals surface area (Å²) in [5.74, 6) is 2.64. The Morgan fingerprint density at radius 3 is 2.50 bits per heavy atom. The van der Waals surface area contributed by atoms with Crippen LogP contribution >= 0.6 is 0 Å². The third-order valence-corrected chi connectivity index (χ3v) is 3.64. The molecule has 0 aromatic rings. The highest BCUT2D eigenvalue weighted by atomic mass is 16.5. The Morgan fingerprint density at radius 2 is 2.00 bits per heavy atom. The first-order chi connectivity index (χ1) is 8.49. The average Bonchev–Trinajstić information content (AvgIpc) is 2.39. The molecule has 0 bridgehead atoms. The molecule has 1 aliphatic heterocycles. The lowest BCUT2D eigenvalue weighted by atomic mass is 10.1. The molecule has 104 valence electrons. The molecule has 0 spiro atoms. The zero-order valence-corrected chi connectivity index (χ0v) is 11.9. The van der Waals surface area contributed by atoms with E-state index in [2.05, 4.69) is 22.8 Å². The van der Waals surface area contributed by atoms with Crippen LogP contribution in [0.25, 0.3) is 0 Å². The van der Waals surface area contributed by atoms with Crippen molar-refractivity contribution >= 4 is 0 Å². The largest absolute Gasteiger partial charge is 0.389 e. The van der Waals surface area contributed by atoms with Gasteiger partial charge in [0.15, 0.2) is 0 Å². The maximum absolute atomic E-state index is 9.97. The number of likely N-dealkylation sites (N-methyl/N-ethyl adjacent to an activating group) is 1. The first-order valence-electron chi connectivity index (χ1n) is 6.70. The molecule has 4 nitrogen and oxygen atoms in total. The lowest BCUT2D eigenvalue weighted by Gasteiger charge is -2.34. The number of ether oxygens (including phenoxy) is 1. The topological polar surface area (TPSA) is 35.9 Å². The first-order valence-corrected chi connectivity index (χ1v) is 6.70. The van der Waals surface area contributed by atoms with E-state index in [0.29, 0.717) is 13.2 Å². The van der Waals surface area contributed by atoms with E-state index in [1.165, 1.54) is 0 Å². The van der Waals surface area contributed by atoms with Crippen molar-refractivity contribution in [1.82, 2.24) is 9.80 Å². The van der Waals surface area contributed by atoms with Gasteiger partial charge in [0, 0.05) is 32.7 Å². The van der Waals surface area contributed by atoms with E-state index in [4.69, 9.17) is 11.2 Å². The van der Waals surface area contributed by atoms with Gasteiger partial charge in [0.1, 0.15) is 5.60 Å². The molecule has 4 heteroatoms. The minimum absolute atomic E-state index is 0.306. The van der Waals surface area contributed by atoms with Crippen LogP contribution in [0, 0.1) is 12.3 Å². The van der Waals surface area contributed by atoms with Crippen LogP contribution in [0.1, 0.15) is 20.3 Å². The minimum Gasteiger partial charge on any atom is -0.389 e. The molecule has 1 aliphatic rings. The van der Waals surface area contributed by atoms with Gasteiger partial charge in [0.05, 0.1) is 12.7 Å². The van der Waals surface area contributed by atoms with Crippen LogP contribution in [0.5, 0.6) is 0 Å². The highest BCUT2D eigenvalue weighted by molar-refractivity contribution is 5.05. The Labute approximate surface area is 111 Å². The van der Waals surface area contributed by atoms with E-state index in [-0.39, 0.29) is 0 Å². The average molecular weight is 254 g/mol. The summed E-state index contributed by atoms with van der Waals surface area (Å²) in [7, 11) is 2.12. The molecule has 0 aliphatic carbocycles. The predicted octanol–water partition coefficient (Wildman–Crippen LogP) is 0.413. The summed E-state index contributed by atoms with van der Waals surface area (Å²) >= 11 is 0. The summed E-state index contributed by atoms with van der Waals surface area (Å²) in [4.78, 5) is 4.57. The van der Waals surface area contributed by atoms with Gasteiger partial charge in [-0.3, -0.25) is 4.90 Å². The third kappa shape index (κ3) is 4.95. The van der Waals surface area contributed by atoms with E-state index in [9.17, 15) is 5.11 Å². The second-order valence-electron chi connectivity index (χ2n) is 5.30. The minimum atomic E-state index is -0.552. The van der Waals surface area contributed by atoms with Crippen LogP contribution in [0.2, 0.25) is 0 Å². The molecule has 2 atom stereocenters. The van der Waals surface area contributed by atoms with Crippen molar-refractivity contribution in [3.63, 3.8) is 0 Å². The van der Waals surface area contributed by atoms with Crippen molar-refractivity contribution < 1.29 is 9.84 Å². The van der Waals surface area contributed by atoms with Gasteiger partial charge in [-0.15, -0.1) is 6.42 Å². The zero-order chi connectivity index (χ0) is 13.6. The monoisotopic (exact) mass is 254 g/mol. The summed E-state index contributed by atoms with van der Waals surface area (Å²) in [6.07, 6.45) is 5.72. The van der Waals surface area contributed by atoms with E-state index in [0.717, 1.165) is 32.6 Å². The second kappa shape index (κ2) is 7.10. The van der Waals surface area contributed by atoms with Gasteiger partial charge >= 0.3 is 0 Å². The van der Waals surface area contributed by atoms with Crippen molar-refractivity contribution in [2.24, 2.45) is 0 Å². The molecule has 1 saturated heterocycles. The van der Waals surface area contributed by atoms with Crippen LogP contribution in [0.3, 0.4) is 0 Å². The van der Waals surface area contributed by atoms with Gasteiger partial charge < -0.3 is 14.7 Å². The van der Waals surface area contributed by atoms with Crippen LogP contribution < -0.4 is 0 Å². The number of aliphatic hydroxyl groups is 1. The van der Waals surface area contributed by atoms with E-state index >= 15 is 0 Å². The fraction of sp³-hybridized carbons (Fsp3) is 0.857. The first kappa shape index (κ1) is 15.5. The van der Waals surface area contributed by atoms with Crippen molar-refractivity contribution in [2.45, 2.75) is 32.0 Å². The number of hydrogen-bond donors (Lipinski definition) is 1. The SMILES string of the molecule is C#C[C@](C)(CC)OC[C@H](O)CN1CCN(C)CC1. The quantitative estimate of drug-likeness (QED) is 0.697. The van der Waals surface area contributed by atoms with Crippen molar-refractivity contribution in [3.8, 4) is 12.3 Å². The molecule has 1 heterocycles. The lowest BCUT2D eigenvalue weighted by molar-refractivity contribution is -0.0495. The van der Waals surface area contributed by atoms with E-state index in [1.807, 2.05) is 13.8 Å². The molecule has 0 saturated carbocycles. The molecule has 0 aromatic carbocycles. The zero-order valence-electron chi connectivity index (χ0n) is 11.9. The van der Waals surface area contributed by atoms with Crippen molar-refractivity contribution in [1.29, 1.82) is 0 Å². The predicted molar refractivity (Wildman–Crippen MR) is 73.4 cm³/mol. The Morgan fingerprint density at radius 1 is 1.39 bits per heavy atom. The second-order valence-corrected chi connectivity index (χ2v) is 5.30. The number of nitrogens with zero attached hydrogens (tertiary/aromatic N) is 2. The van der Waals surface area contributed by atoms with Gasteiger partial charge in [-0.1, -0.05) is 12.8 Å². The van der Waals surface area contributed by atoms with Crippen LogP contribution in [0.15, 0.2) is 0 Å². The molecule has 1 fully saturated rings. The Hall–Kier alpha value is -0.600. The third-order valence-electron chi connectivity index (χ3n) is 3.64. The summed E-state index contributed by atoms with van der Waals surface area (Å²) in [5.41, 5.74) is -0.552. The summed E-state index contributed by atoms with van der Waals surface area (Å²) in [6, 6.07) is 0. The highest BCUT2D eigenvalue weighted by Gasteiger charge is 2.22. The van der Waals surface area contributed by atoms with E-state index in [1.54, 1.807) is 0 Å². The molecule has 0 aromatic heterocycles. The standard InChI is InChI=1S/C14H26N2O2/c1-5-14(3,6-2)18-12-13(17)11-16-9-7-15(4)8-10-16/h1,13,17H,6-12H2,2-4H3/t13-,14-/m1/s1. The molecule has 0 unspecified atom stereocenters. The fourth-order valence-corrected chi connectivity index (χ4v) is 1.91. The summed E-state index contributed by atoms with van der Waals surface area (Å²) in [5, 5.41) is 9.97. The van der Waals surface area contributed by atoms with Crippen LogP contribution in [-0.4, -0.2) is 73.0 Å². The Bertz CT molecular complexity index is 282. The molecule has 1 rings (SSSR count). The number of aliphatic hydroxyl groups excluding tert-OH is 1. The summed E-state index contributed by atoms with van der Waals surface area (Å²) < 4.78 is 5.63. The number of hydrogen-bond acceptors (Lipinski definition) is 4. The molecule has 18 heavy (non-hydrogen) atoms. The van der Waals surface area contributed by atoms with E-state index < -0.39 is 11.7 Å². The number of β-amino-alcohol motifs (C(OH)–C–C–N with tert-alkyl or cyclic N) is 1. The molecular weight excluding hydrogens is 228 g/mol. The van der Waals surface area contributed by atoms with Gasteiger partial charge in [-0.25, -0.2) is 0 Å². The maximum Gasteiger partial charge on any atom is 0.125 e. The number of rotatable bonds is 6. The molecule has 1 N–H and O–H groups in total. The smallest absolute Gasteiger partial charge is 0.125 e. The van der Waals surface area contributed by atoms with Gasteiger partial charge in [-0.2, -0.15) is 0 Å². The van der Waals surface area contributed by atoms with Gasteiger partial charge in [-0.05, 0) is 20.4 Å².